The Morgan fingerprint density at radius 3 is 2.74 bits per heavy atom. The molecular formula is C18H11NO4. The number of aryl methyl sites for hydroxylation is 1. The molecule has 0 unspecified atom stereocenters. The van der Waals surface area contributed by atoms with Crippen LogP contribution in [0.4, 0.5) is 0 Å². The first-order valence-corrected chi connectivity index (χ1v) is 7.27. The van der Waals surface area contributed by atoms with Gasteiger partial charge in [-0.25, -0.2) is 4.98 Å². The molecule has 0 aliphatic carbocycles. The van der Waals surface area contributed by atoms with Crippen LogP contribution in [0.25, 0.3) is 33.0 Å². The lowest BCUT2D eigenvalue weighted by atomic mass is 10.1. The van der Waals surface area contributed by atoms with Crippen LogP contribution in [0.15, 0.2) is 45.6 Å². The number of ether oxygens (including phenoxy) is 2. The summed E-state index contributed by atoms with van der Waals surface area (Å²) in [4.78, 5) is 17.4. The Labute approximate surface area is 130 Å². The van der Waals surface area contributed by atoms with Gasteiger partial charge in [0.2, 0.25) is 17.9 Å². The van der Waals surface area contributed by atoms with Gasteiger partial charge in [0.05, 0.1) is 16.3 Å². The van der Waals surface area contributed by atoms with Crippen molar-refractivity contribution in [2.75, 3.05) is 6.79 Å². The largest absolute Gasteiger partial charge is 0.454 e. The maximum atomic E-state index is 12.8. The number of nitrogens with zero attached hydrogens (tertiary/aromatic N) is 1. The van der Waals surface area contributed by atoms with E-state index in [9.17, 15) is 4.79 Å². The monoisotopic (exact) mass is 305 g/mol. The number of fused-ring (bicyclic) bond motifs is 4. The van der Waals surface area contributed by atoms with E-state index in [1.165, 1.54) is 0 Å². The highest BCUT2D eigenvalue weighted by molar-refractivity contribution is 5.96. The molecule has 0 N–H and O–H groups in total. The Morgan fingerprint density at radius 2 is 1.87 bits per heavy atom. The van der Waals surface area contributed by atoms with Crippen LogP contribution in [0.1, 0.15) is 5.56 Å². The Bertz CT molecular complexity index is 1180. The van der Waals surface area contributed by atoms with Crippen molar-refractivity contribution in [3.05, 3.63) is 52.2 Å². The summed E-state index contributed by atoms with van der Waals surface area (Å²) in [7, 11) is 0. The minimum absolute atomic E-state index is 0.115. The van der Waals surface area contributed by atoms with E-state index in [-0.39, 0.29) is 12.2 Å². The number of pyridine rings is 1. The van der Waals surface area contributed by atoms with Crippen LogP contribution >= 0.6 is 0 Å². The molecule has 0 saturated carbocycles. The van der Waals surface area contributed by atoms with Crippen molar-refractivity contribution >= 4 is 33.0 Å². The maximum absolute atomic E-state index is 12.8. The van der Waals surface area contributed by atoms with Crippen molar-refractivity contribution in [3.8, 4) is 11.5 Å². The molecule has 0 atom stereocenters. The van der Waals surface area contributed by atoms with E-state index in [2.05, 4.69) is 4.98 Å². The number of hydrogen-bond donors (Lipinski definition) is 0. The molecule has 5 nitrogen and oxygen atoms in total. The van der Waals surface area contributed by atoms with E-state index in [1.807, 2.05) is 31.2 Å². The van der Waals surface area contributed by atoms with E-state index in [0.717, 1.165) is 16.5 Å². The van der Waals surface area contributed by atoms with Gasteiger partial charge in [-0.1, -0.05) is 18.2 Å². The smallest absolute Gasteiger partial charge is 0.231 e. The van der Waals surface area contributed by atoms with Crippen molar-refractivity contribution in [2.24, 2.45) is 0 Å². The van der Waals surface area contributed by atoms with E-state index in [4.69, 9.17) is 13.9 Å². The van der Waals surface area contributed by atoms with Crippen molar-refractivity contribution in [1.82, 2.24) is 4.98 Å². The van der Waals surface area contributed by atoms with Crippen LogP contribution in [-0.2, 0) is 0 Å². The quantitative estimate of drug-likeness (QED) is 0.465. The van der Waals surface area contributed by atoms with Gasteiger partial charge < -0.3 is 13.9 Å². The van der Waals surface area contributed by atoms with E-state index in [1.54, 1.807) is 12.1 Å². The van der Waals surface area contributed by atoms with Crippen molar-refractivity contribution in [2.45, 2.75) is 6.92 Å². The fourth-order valence-electron chi connectivity index (χ4n) is 3.00. The first-order chi connectivity index (χ1) is 11.2. The summed E-state index contributed by atoms with van der Waals surface area (Å²) in [5.74, 6) is 1.14. The van der Waals surface area contributed by atoms with E-state index in [0.29, 0.717) is 33.6 Å². The van der Waals surface area contributed by atoms with Crippen LogP contribution in [0.5, 0.6) is 11.5 Å². The second-order valence-electron chi connectivity index (χ2n) is 5.62. The van der Waals surface area contributed by atoms with Crippen molar-refractivity contribution in [1.29, 1.82) is 0 Å². The zero-order valence-corrected chi connectivity index (χ0v) is 12.3. The van der Waals surface area contributed by atoms with Gasteiger partial charge in [-0.05, 0) is 24.6 Å². The van der Waals surface area contributed by atoms with Crippen molar-refractivity contribution < 1.29 is 13.9 Å². The second kappa shape index (κ2) is 4.23. The molecular weight excluding hydrogens is 294 g/mol. The molecule has 0 spiro atoms. The first kappa shape index (κ1) is 12.5. The van der Waals surface area contributed by atoms with Gasteiger partial charge in [-0.15, -0.1) is 0 Å². The summed E-state index contributed by atoms with van der Waals surface area (Å²) in [6.07, 6.45) is 0. The summed E-state index contributed by atoms with van der Waals surface area (Å²) in [6, 6.07) is 11.1. The molecule has 0 saturated heterocycles. The Kier molecular flexibility index (Phi) is 2.29. The Balaban J connectivity index is 1.96. The van der Waals surface area contributed by atoms with Crippen molar-refractivity contribution in [3.63, 3.8) is 0 Å². The molecule has 5 rings (SSSR count). The van der Waals surface area contributed by atoms with Gasteiger partial charge in [0.25, 0.3) is 0 Å². The normalized spacial score (nSPS) is 13.3. The molecule has 1 aliphatic rings. The van der Waals surface area contributed by atoms with Crippen LogP contribution in [0.2, 0.25) is 0 Å². The predicted molar refractivity (Wildman–Crippen MR) is 86.2 cm³/mol. The lowest BCUT2D eigenvalue weighted by Crippen LogP contribution is -2.03. The lowest BCUT2D eigenvalue weighted by molar-refractivity contribution is 0.174. The predicted octanol–water partition coefficient (Wildman–Crippen LogP) is 3.53. The topological polar surface area (TPSA) is 61.6 Å². The van der Waals surface area contributed by atoms with Gasteiger partial charge in [-0.2, -0.15) is 0 Å². The summed E-state index contributed by atoms with van der Waals surface area (Å²) in [5, 5.41) is 1.86. The Hall–Kier alpha value is -3.08. The lowest BCUT2D eigenvalue weighted by Gasteiger charge is -2.05. The van der Waals surface area contributed by atoms with Gasteiger partial charge in [0, 0.05) is 11.5 Å². The number of para-hydroxylation sites is 1. The third-order valence-corrected chi connectivity index (χ3v) is 4.18. The number of aromatic nitrogens is 1. The summed E-state index contributed by atoms with van der Waals surface area (Å²) >= 11 is 0. The molecule has 0 radical (unpaired) electrons. The third kappa shape index (κ3) is 1.67. The molecule has 4 aromatic rings. The minimum atomic E-state index is -0.115. The second-order valence-corrected chi connectivity index (χ2v) is 5.62. The fraction of sp³-hybridized carbons (Fsp3) is 0.111. The molecule has 112 valence electrons. The van der Waals surface area contributed by atoms with E-state index >= 15 is 0 Å². The molecule has 0 fully saturated rings. The third-order valence-electron chi connectivity index (χ3n) is 4.18. The van der Waals surface area contributed by atoms with Crippen LogP contribution in [-0.4, -0.2) is 11.8 Å². The highest BCUT2D eigenvalue weighted by Gasteiger charge is 2.18. The molecule has 0 bridgehead atoms. The summed E-state index contributed by atoms with van der Waals surface area (Å²) in [6.45, 7) is 2.14. The Morgan fingerprint density at radius 1 is 1.04 bits per heavy atom. The first-order valence-electron chi connectivity index (χ1n) is 7.27. The minimum Gasteiger partial charge on any atom is -0.454 e. The van der Waals surface area contributed by atoms with E-state index < -0.39 is 0 Å². The molecule has 1 aliphatic heterocycles. The molecule has 0 amide bonds. The molecule has 2 aromatic carbocycles. The maximum Gasteiger partial charge on any atom is 0.231 e. The van der Waals surface area contributed by atoms with Gasteiger partial charge in [0.1, 0.15) is 5.58 Å². The highest BCUT2D eigenvalue weighted by atomic mass is 16.7. The van der Waals surface area contributed by atoms with Crippen LogP contribution in [0, 0.1) is 6.92 Å². The standard InChI is InChI=1S/C18H11NO4/c1-9-3-2-4-10-5-12-17(20)11-6-14-15(22-8-21-14)7-13(11)23-18(12)19-16(9)10/h2-7H,8H2,1H3. The number of rotatable bonds is 0. The van der Waals surface area contributed by atoms with Crippen LogP contribution in [0.3, 0.4) is 0 Å². The van der Waals surface area contributed by atoms with Gasteiger partial charge in [-0.3, -0.25) is 4.79 Å². The molecule has 5 heteroatoms. The summed E-state index contributed by atoms with van der Waals surface area (Å²) < 4.78 is 16.6. The SMILES string of the molecule is Cc1cccc2cc3c(=O)c4cc5c(cc4oc3nc12)OCO5. The average Bonchev–Trinajstić information content (AvgIpc) is 3.00. The zero-order chi connectivity index (χ0) is 15.6. The average molecular weight is 305 g/mol. The fourth-order valence-corrected chi connectivity index (χ4v) is 3.00. The molecule has 23 heavy (non-hydrogen) atoms. The zero-order valence-electron chi connectivity index (χ0n) is 12.3. The summed E-state index contributed by atoms with van der Waals surface area (Å²) in [5.41, 5.74) is 2.55. The van der Waals surface area contributed by atoms with Gasteiger partial charge >= 0.3 is 0 Å². The molecule has 3 heterocycles. The number of benzene rings is 2. The number of hydrogen-bond acceptors (Lipinski definition) is 5. The van der Waals surface area contributed by atoms with Gasteiger partial charge in [0.15, 0.2) is 11.5 Å². The van der Waals surface area contributed by atoms with Crippen LogP contribution < -0.4 is 14.9 Å². The highest BCUT2D eigenvalue weighted by Crippen LogP contribution is 2.36. The molecule has 2 aromatic heterocycles.